The Morgan fingerprint density at radius 2 is 1.54 bits per heavy atom. The minimum Gasteiger partial charge on any atom is -0.340 e. The lowest BCUT2D eigenvalue weighted by atomic mass is 10.0. The number of hydrogen-bond acceptors (Lipinski definition) is 2. The Morgan fingerprint density at radius 3 is 2.12 bits per heavy atom. The van der Waals surface area contributed by atoms with Gasteiger partial charge >= 0.3 is 0 Å². The maximum atomic E-state index is 12.6. The number of anilines is 1. The average Bonchev–Trinajstić information content (AvgIpc) is 2.54. The van der Waals surface area contributed by atoms with E-state index in [-0.39, 0.29) is 17.7 Å². The number of nitrogens with one attached hydrogen (secondary N) is 2. The van der Waals surface area contributed by atoms with E-state index in [2.05, 4.69) is 10.6 Å². The number of amides is 2. The minimum atomic E-state index is -0.599. The molecule has 4 nitrogen and oxygen atoms in total. The van der Waals surface area contributed by atoms with Crippen LogP contribution in [0.25, 0.3) is 0 Å². The molecule has 0 saturated heterocycles. The quantitative estimate of drug-likeness (QED) is 0.881. The van der Waals surface area contributed by atoms with Gasteiger partial charge < -0.3 is 10.6 Å². The average molecular weight is 324 g/mol. The molecule has 126 valence electrons. The van der Waals surface area contributed by atoms with E-state index in [0.29, 0.717) is 5.56 Å². The van der Waals surface area contributed by atoms with E-state index in [1.165, 1.54) is 0 Å². The molecule has 1 unspecified atom stereocenters. The summed E-state index contributed by atoms with van der Waals surface area (Å²) in [5, 5.41) is 5.74. The van der Waals surface area contributed by atoms with Crippen LogP contribution in [0.2, 0.25) is 0 Å². The first kappa shape index (κ1) is 17.7. The molecule has 0 bridgehead atoms. The lowest BCUT2D eigenvalue weighted by molar-refractivity contribution is -0.118. The van der Waals surface area contributed by atoms with E-state index in [9.17, 15) is 9.59 Å². The Morgan fingerprint density at radius 1 is 0.917 bits per heavy atom. The molecule has 0 aliphatic rings. The van der Waals surface area contributed by atoms with Gasteiger partial charge in [0.05, 0.1) is 0 Å². The minimum absolute atomic E-state index is 0.0246. The molecule has 2 aromatic rings. The fourth-order valence-corrected chi connectivity index (χ4v) is 2.39. The van der Waals surface area contributed by atoms with Crippen LogP contribution in [0.1, 0.15) is 35.3 Å². The van der Waals surface area contributed by atoms with E-state index in [1.807, 2.05) is 64.1 Å². The van der Waals surface area contributed by atoms with Crippen molar-refractivity contribution in [2.75, 3.05) is 5.32 Å². The van der Waals surface area contributed by atoms with Crippen molar-refractivity contribution in [2.24, 2.45) is 5.92 Å². The van der Waals surface area contributed by atoms with Crippen LogP contribution < -0.4 is 10.6 Å². The molecule has 0 heterocycles. The van der Waals surface area contributed by atoms with Crippen molar-refractivity contribution < 1.29 is 9.59 Å². The number of hydrogen-bond donors (Lipinski definition) is 2. The van der Waals surface area contributed by atoms with Gasteiger partial charge in [0.25, 0.3) is 5.91 Å². The van der Waals surface area contributed by atoms with Gasteiger partial charge in [0.1, 0.15) is 6.04 Å². The topological polar surface area (TPSA) is 58.2 Å². The maximum Gasteiger partial charge on any atom is 0.251 e. The van der Waals surface area contributed by atoms with Gasteiger partial charge in [-0.3, -0.25) is 9.59 Å². The lowest BCUT2D eigenvalue weighted by Gasteiger charge is -2.22. The predicted octanol–water partition coefficient (Wildman–Crippen LogP) is 3.70. The highest BCUT2D eigenvalue weighted by molar-refractivity contribution is 6.01. The van der Waals surface area contributed by atoms with Crippen LogP contribution in [0.3, 0.4) is 0 Å². The van der Waals surface area contributed by atoms with E-state index < -0.39 is 6.04 Å². The molecule has 0 aliphatic heterocycles. The summed E-state index contributed by atoms with van der Waals surface area (Å²) in [6, 6.07) is 14.3. The molecule has 0 fully saturated rings. The largest absolute Gasteiger partial charge is 0.340 e. The summed E-state index contributed by atoms with van der Waals surface area (Å²) in [7, 11) is 0. The molecule has 0 spiro atoms. The Kier molecular flexibility index (Phi) is 5.74. The number of para-hydroxylation sites is 1. The molecule has 0 aliphatic carbocycles. The molecule has 2 aromatic carbocycles. The first-order valence-corrected chi connectivity index (χ1v) is 8.12. The Balaban J connectivity index is 2.11. The van der Waals surface area contributed by atoms with Crippen molar-refractivity contribution in [2.45, 2.75) is 33.7 Å². The molecular weight excluding hydrogens is 300 g/mol. The van der Waals surface area contributed by atoms with Crippen molar-refractivity contribution in [1.82, 2.24) is 5.32 Å². The lowest BCUT2D eigenvalue weighted by Crippen LogP contribution is -2.47. The Hall–Kier alpha value is -2.62. The first-order valence-electron chi connectivity index (χ1n) is 8.12. The molecule has 0 radical (unpaired) electrons. The summed E-state index contributed by atoms with van der Waals surface area (Å²) >= 11 is 0. The van der Waals surface area contributed by atoms with Gasteiger partial charge in [-0.2, -0.15) is 0 Å². The molecule has 24 heavy (non-hydrogen) atoms. The highest BCUT2D eigenvalue weighted by atomic mass is 16.2. The SMILES string of the molecule is Cc1ccc(C(=O)NC(C(=O)Nc2ccccc2C)C(C)C)cc1. The van der Waals surface area contributed by atoms with Crippen LogP contribution in [0, 0.1) is 19.8 Å². The third kappa shape index (κ3) is 4.44. The van der Waals surface area contributed by atoms with Crippen LogP contribution in [-0.2, 0) is 4.79 Å². The highest BCUT2D eigenvalue weighted by Gasteiger charge is 2.25. The number of rotatable bonds is 5. The third-order valence-corrected chi connectivity index (χ3v) is 3.95. The third-order valence-electron chi connectivity index (χ3n) is 3.95. The van der Waals surface area contributed by atoms with Crippen molar-refractivity contribution in [3.63, 3.8) is 0 Å². The summed E-state index contributed by atoms with van der Waals surface area (Å²) in [4.78, 5) is 25.0. The normalized spacial score (nSPS) is 11.9. The van der Waals surface area contributed by atoms with Crippen molar-refractivity contribution >= 4 is 17.5 Å². The summed E-state index contributed by atoms with van der Waals surface area (Å²) < 4.78 is 0. The van der Waals surface area contributed by atoms with Gasteiger partial charge in [0.2, 0.25) is 5.91 Å². The second-order valence-corrected chi connectivity index (χ2v) is 6.37. The van der Waals surface area contributed by atoms with Gasteiger partial charge in [0.15, 0.2) is 0 Å². The maximum absolute atomic E-state index is 12.6. The van der Waals surface area contributed by atoms with Gasteiger partial charge in [-0.05, 0) is 43.5 Å². The summed E-state index contributed by atoms with van der Waals surface area (Å²) in [6.45, 7) is 7.73. The van der Waals surface area contributed by atoms with Crippen LogP contribution >= 0.6 is 0 Å². The number of aryl methyl sites for hydroxylation is 2. The zero-order valence-electron chi connectivity index (χ0n) is 14.6. The van der Waals surface area contributed by atoms with Gasteiger partial charge in [0, 0.05) is 11.3 Å². The number of carbonyl (C=O) groups is 2. The Labute approximate surface area is 143 Å². The Bertz CT molecular complexity index is 721. The van der Waals surface area contributed by atoms with Crippen molar-refractivity contribution in [3.8, 4) is 0 Å². The zero-order valence-corrected chi connectivity index (χ0v) is 14.6. The summed E-state index contributed by atoms with van der Waals surface area (Å²) in [6.07, 6.45) is 0. The van der Waals surface area contributed by atoms with Crippen LogP contribution in [0.15, 0.2) is 48.5 Å². The van der Waals surface area contributed by atoms with E-state index in [0.717, 1.165) is 16.8 Å². The van der Waals surface area contributed by atoms with Gasteiger partial charge in [-0.25, -0.2) is 0 Å². The van der Waals surface area contributed by atoms with Gasteiger partial charge in [-0.1, -0.05) is 49.7 Å². The molecule has 0 saturated carbocycles. The van der Waals surface area contributed by atoms with Crippen LogP contribution in [0.5, 0.6) is 0 Å². The zero-order chi connectivity index (χ0) is 17.7. The second-order valence-electron chi connectivity index (χ2n) is 6.37. The fourth-order valence-electron chi connectivity index (χ4n) is 2.39. The molecule has 0 aromatic heterocycles. The van der Waals surface area contributed by atoms with Crippen molar-refractivity contribution in [1.29, 1.82) is 0 Å². The summed E-state index contributed by atoms with van der Waals surface area (Å²) in [5.41, 5.74) is 3.38. The molecule has 2 amide bonds. The van der Waals surface area contributed by atoms with E-state index in [4.69, 9.17) is 0 Å². The molecular formula is C20H24N2O2. The van der Waals surface area contributed by atoms with Crippen LogP contribution in [0.4, 0.5) is 5.69 Å². The smallest absolute Gasteiger partial charge is 0.251 e. The number of benzene rings is 2. The van der Waals surface area contributed by atoms with Gasteiger partial charge in [-0.15, -0.1) is 0 Å². The van der Waals surface area contributed by atoms with E-state index >= 15 is 0 Å². The van der Waals surface area contributed by atoms with E-state index in [1.54, 1.807) is 12.1 Å². The second kappa shape index (κ2) is 7.77. The highest BCUT2D eigenvalue weighted by Crippen LogP contribution is 2.15. The number of carbonyl (C=O) groups excluding carboxylic acids is 2. The molecule has 2 rings (SSSR count). The standard InChI is InChI=1S/C20H24N2O2/c1-13(2)18(20(24)21-17-8-6-5-7-15(17)4)22-19(23)16-11-9-14(3)10-12-16/h5-13,18H,1-4H3,(H,21,24)(H,22,23). The summed E-state index contributed by atoms with van der Waals surface area (Å²) in [5.74, 6) is -0.475. The van der Waals surface area contributed by atoms with Crippen LogP contribution in [-0.4, -0.2) is 17.9 Å². The molecule has 1 atom stereocenters. The monoisotopic (exact) mass is 324 g/mol. The first-order chi connectivity index (χ1) is 11.4. The molecule has 2 N–H and O–H groups in total. The fraction of sp³-hybridized carbons (Fsp3) is 0.300. The molecule has 4 heteroatoms. The predicted molar refractivity (Wildman–Crippen MR) is 97.1 cm³/mol. The van der Waals surface area contributed by atoms with Crippen molar-refractivity contribution in [3.05, 3.63) is 65.2 Å².